The number of nitrogens with zero attached hydrogens (tertiary/aromatic N) is 3. The first kappa shape index (κ1) is 14.3. The lowest BCUT2D eigenvalue weighted by atomic mass is 10.2. The molecular formula is C14H15ClN4O. The van der Waals surface area contributed by atoms with Crippen molar-refractivity contribution < 1.29 is 4.79 Å². The van der Waals surface area contributed by atoms with Crippen LogP contribution in [0.4, 0.5) is 11.6 Å². The van der Waals surface area contributed by atoms with E-state index in [1.165, 1.54) is 0 Å². The Bertz CT molecular complexity index is 605. The summed E-state index contributed by atoms with van der Waals surface area (Å²) >= 11 is 5.83. The Labute approximate surface area is 122 Å². The molecule has 1 amide bonds. The Kier molecular flexibility index (Phi) is 4.20. The van der Waals surface area contributed by atoms with Crippen molar-refractivity contribution in [3.8, 4) is 0 Å². The van der Waals surface area contributed by atoms with Crippen molar-refractivity contribution in [2.45, 2.75) is 6.92 Å². The number of nitrogens with one attached hydrogen (secondary N) is 1. The third-order valence-corrected chi connectivity index (χ3v) is 2.89. The third-order valence-electron chi connectivity index (χ3n) is 2.69. The zero-order valence-electron chi connectivity index (χ0n) is 11.5. The highest BCUT2D eigenvalue weighted by atomic mass is 35.5. The molecule has 6 heteroatoms. The fourth-order valence-electron chi connectivity index (χ4n) is 1.67. The van der Waals surface area contributed by atoms with E-state index in [1.807, 2.05) is 31.1 Å². The molecular weight excluding hydrogens is 276 g/mol. The van der Waals surface area contributed by atoms with Crippen molar-refractivity contribution in [3.63, 3.8) is 0 Å². The van der Waals surface area contributed by atoms with Crippen LogP contribution in [0.1, 0.15) is 16.1 Å². The average molecular weight is 291 g/mol. The van der Waals surface area contributed by atoms with Crippen molar-refractivity contribution in [1.82, 2.24) is 9.97 Å². The number of benzene rings is 1. The van der Waals surface area contributed by atoms with Crippen LogP contribution >= 0.6 is 11.6 Å². The average Bonchev–Trinajstić information content (AvgIpc) is 2.37. The molecule has 0 spiro atoms. The molecule has 1 aromatic carbocycles. The number of aryl methyl sites for hydroxylation is 1. The van der Waals surface area contributed by atoms with Crippen molar-refractivity contribution in [1.29, 1.82) is 0 Å². The first-order valence-electron chi connectivity index (χ1n) is 6.05. The number of hydrogen-bond acceptors (Lipinski definition) is 4. The number of hydrogen-bond donors (Lipinski definition) is 1. The molecule has 0 aliphatic heterocycles. The molecule has 1 heterocycles. The molecule has 5 nitrogen and oxygen atoms in total. The quantitative estimate of drug-likeness (QED) is 0.883. The molecule has 0 saturated carbocycles. The van der Waals surface area contributed by atoms with Gasteiger partial charge >= 0.3 is 0 Å². The molecule has 1 aromatic heterocycles. The molecule has 0 radical (unpaired) electrons. The lowest BCUT2D eigenvalue weighted by Gasteiger charge is -2.12. The van der Waals surface area contributed by atoms with Gasteiger partial charge in [0.25, 0.3) is 5.91 Å². The van der Waals surface area contributed by atoms with Gasteiger partial charge in [0.1, 0.15) is 5.15 Å². The summed E-state index contributed by atoms with van der Waals surface area (Å²) in [4.78, 5) is 22.1. The predicted octanol–water partition coefficient (Wildman–Crippen LogP) is 2.76. The minimum absolute atomic E-state index is 0.205. The van der Waals surface area contributed by atoms with Gasteiger partial charge in [0.05, 0.1) is 0 Å². The Morgan fingerprint density at radius 1 is 1.20 bits per heavy atom. The second kappa shape index (κ2) is 5.88. The lowest BCUT2D eigenvalue weighted by molar-refractivity contribution is 0.102. The van der Waals surface area contributed by atoms with Crippen LogP contribution in [0.15, 0.2) is 30.3 Å². The number of anilines is 2. The van der Waals surface area contributed by atoms with Gasteiger partial charge in [-0.3, -0.25) is 10.1 Å². The van der Waals surface area contributed by atoms with Gasteiger partial charge in [0.15, 0.2) is 0 Å². The first-order valence-corrected chi connectivity index (χ1v) is 6.43. The van der Waals surface area contributed by atoms with E-state index in [0.717, 1.165) is 5.69 Å². The van der Waals surface area contributed by atoms with Crippen molar-refractivity contribution in [3.05, 3.63) is 46.7 Å². The largest absolute Gasteiger partial charge is 0.378 e. The van der Waals surface area contributed by atoms with Crippen LogP contribution in [0, 0.1) is 6.92 Å². The Balaban J connectivity index is 2.15. The molecule has 0 atom stereocenters. The van der Waals surface area contributed by atoms with E-state index in [-0.39, 0.29) is 11.9 Å². The topological polar surface area (TPSA) is 58.1 Å². The summed E-state index contributed by atoms with van der Waals surface area (Å²) in [5.74, 6) is -0.0614. The van der Waals surface area contributed by atoms with Crippen LogP contribution in [-0.2, 0) is 0 Å². The summed E-state index contributed by atoms with van der Waals surface area (Å²) in [6.45, 7) is 1.79. The molecule has 0 aliphatic rings. The summed E-state index contributed by atoms with van der Waals surface area (Å²) in [6.07, 6.45) is 0. The highest BCUT2D eigenvalue weighted by Gasteiger charge is 2.09. The van der Waals surface area contributed by atoms with Gasteiger partial charge in [0.2, 0.25) is 5.95 Å². The molecule has 20 heavy (non-hydrogen) atoms. The minimum Gasteiger partial charge on any atom is -0.378 e. The molecule has 2 rings (SSSR count). The molecule has 104 valence electrons. The van der Waals surface area contributed by atoms with Crippen LogP contribution < -0.4 is 10.2 Å². The molecule has 0 saturated heterocycles. The zero-order chi connectivity index (χ0) is 14.7. The highest BCUT2D eigenvalue weighted by molar-refractivity contribution is 6.29. The van der Waals surface area contributed by atoms with Gasteiger partial charge in [-0.2, -0.15) is 0 Å². The fourth-order valence-corrected chi connectivity index (χ4v) is 1.91. The Morgan fingerprint density at radius 2 is 1.85 bits per heavy atom. The first-order chi connectivity index (χ1) is 9.45. The zero-order valence-corrected chi connectivity index (χ0v) is 12.3. The van der Waals surface area contributed by atoms with Gasteiger partial charge in [-0.25, -0.2) is 9.97 Å². The van der Waals surface area contributed by atoms with Crippen LogP contribution in [-0.4, -0.2) is 30.0 Å². The summed E-state index contributed by atoms with van der Waals surface area (Å²) in [7, 11) is 3.88. The van der Waals surface area contributed by atoms with E-state index < -0.39 is 0 Å². The van der Waals surface area contributed by atoms with Crippen molar-refractivity contribution >= 4 is 29.1 Å². The van der Waals surface area contributed by atoms with E-state index in [2.05, 4.69) is 15.3 Å². The third kappa shape index (κ3) is 3.45. The van der Waals surface area contributed by atoms with Crippen molar-refractivity contribution in [2.24, 2.45) is 0 Å². The van der Waals surface area contributed by atoms with Gasteiger partial charge in [-0.15, -0.1) is 0 Å². The van der Waals surface area contributed by atoms with E-state index >= 15 is 0 Å². The number of carbonyl (C=O) groups is 1. The lowest BCUT2D eigenvalue weighted by Crippen LogP contribution is -2.15. The van der Waals surface area contributed by atoms with E-state index in [1.54, 1.807) is 25.1 Å². The maximum atomic E-state index is 12.1. The molecule has 1 N–H and O–H groups in total. The standard InChI is InChI=1S/C14H15ClN4O/c1-9-8-12(15)17-14(16-9)18-13(20)10-4-6-11(7-5-10)19(2)3/h4-8H,1-3H3,(H,16,17,18,20). The normalized spacial score (nSPS) is 10.2. The minimum atomic E-state index is -0.267. The van der Waals surface area contributed by atoms with Gasteiger partial charge in [-0.05, 0) is 37.3 Å². The highest BCUT2D eigenvalue weighted by Crippen LogP contribution is 2.14. The smallest absolute Gasteiger partial charge is 0.258 e. The van der Waals surface area contributed by atoms with Gasteiger partial charge < -0.3 is 4.90 Å². The van der Waals surface area contributed by atoms with E-state index in [0.29, 0.717) is 16.4 Å². The molecule has 0 bridgehead atoms. The summed E-state index contributed by atoms with van der Waals surface area (Å²) in [6, 6.07) is 8.88. The van der Waals surface area contributed by atoms with Crippen LogP contribution in [0.3, 0.4) is 0 Å². The molecule has 0 fully saturated rings. The predicted molar refractivity (Wildman–Crippen MR) is 80.5 cm³/mol. The number of halogens is 1. The Hall–Kier alpha value is -2.14. The maximum absolute atomic E-state index is 12.1. The molecule has 0 aliphatic carbocycles. The van der Waals surface area contributed by atoms with E-state index in [9.17, 15) is 4.79 Å². The molecule has 2 aromatic rings. The summed E-state index contributed by atoms with van der Waals surface area (Å²) < 4.78 is 0. The summed E-state index contributed by atoms with van der Waals surface area (Å²) in [5, 5.41) is 2.93. The summed E-state index contributed by atoms with van der Waals surface area (Å²) in [5.41, 5.74) is 2.26. The van der Waals surface area contributed by atoms with E-state index in [4.69, 9.17) is 11.6 Å². The van der Waals surface area contributed by atoms with Gasteiger partial charge in [-0.1, -0.05) is 11.6 Å². The number of rotatable bonds is 3. The second-order valence-corrected chi connectivity index (χ2v) is 4.94. The van der Waals surface area contributed by atoms with Gasteiger partial charge in [0, 0.05) is 31.0 Å². The van der Waals surface area contributed by atoms with Crippen LogP contribution in [0.2, 0.25) is 5.15 Å². The second-order valence-electron chi connectivity index (χ2n) is 4.55. The van der Waals surface area contributed by atoms with Crippen molar-refractivity contribution in [2.75, 3.05) is 24.3 Å². The number of carbonyl (C=O) groups excluding carboxylic acids is 1. The Morgan fingerprint density at radius 3 is 2.40 bits per heavy atom. The fraction of sp³-hybridized carbons (Fsp3) is 0.214. The van der Waals surface area contributed by atoms with Crippen LogP contribution in [0.25, 0.3) is 0 Å². The van der Waals surface area contributed by atoms with Crippen LogP contribution in [0.5, 0.6) is 0 Å². The SMILES string of the molecule is Cc1cc(Cl)nc(NC(=O)c2ccc(N(C)C)cc2)n1. The molecule has 0 unspecified atom stereocenters. The number of amides is 1. The maximum Gasteiger partial charge on any atom is 0.258 e. The number of aromatic nitrogens is 2. The monoisotopic (exact) mass is 290 g/mol.